The van der Waals surface area contributed by atoms with Gasteiger partial charge in [0, 0.05) is 23.9 Å². The SMILES string of the molecule is C[C@H]1CC[C@]2(NC1)O[C@@]1(C)C[C@@]3(C)[C@@H]4CC[C@@]5(C)CC(N)CC[C@]5(C)[C@@]4(C)CC[C@]3(C)[C@@]1(C)[C@@H]2C. The maximum atomic E-state index is 7.44. The lowest BCUT2D eigenvalue weighted by atomic mass is 9.31. The Morgan fingerprint density at radius 3 is 2.14 bits per heavy atom. The van der Waals surface area contributed by atoms with Crippen molar-refractivity contribution >= 4 is 0 Å². The molecule has 4 aliphatic carbocycles. The van der Waals surface area contributed by atoms with Crippen LogP contribution in [0.1, 0.15) is 127 Å². The first-order chi connectivity index (χ1) is 16.1. The van der Waals surface area contributed by atoms with Gasteiger partial charge in [0.15, 0.2) is 0 Å². The molecule has 200 valence electrons. The number of rotatable bonds is 0. The predicted molar refractivity (Wildman–Crippen MR) is 145 cm³/mol. The minimum Gasteiger partial charge on any atom is -0.354 e. The fourth-order valence-electron chi connectivity index (χ4n) is 13.0. The van der Waals surface area contributed by atoms with E-state index in [1.807, 2.05) is 0 Å². The van der Waals surface area contributed by atoms with E-state index in [0.29, 0.717) is 39.0 Å². The van der Waals surface area contributed by atoms with Crippen molar-refractivity contribution < 1.29 is 4.74 Å². The van der Waals surface area contributed by atoms with Gasteiger partial charge in [0.25, 0.3) is 0 Å². The number of ether oxygens (including phenoxy) is 1. The van der Waals surface area contributed by atoms with Gasteiger partial charge in [0.1, 0.15) is 5.72 Å². The normalized spacial score (nSPS) is 66.0. The summed E-state index contributed by atoms with van der Waals surface area (Å²) in [6.07, 6.45) is 12.9. The standard InChI is InChI=1S/C32H56N2O/c1-21-10-15-32(34-19-21)22(2)31(9)29(7)17-16-26(4)24(27(29,5)20-30(31,8)35-32)12-13-25(3)18-23(33)11-14-28(25,26)6/h21-24,34H,10-20,33H2,1-9H3/t21-,22-,23?,24+,25-,26-,27-,28-,29-,30-,31+,32-/m0/s1. The minimum absolute atomic E-state index is 0.0642. The maximum Gasteiger partial charge on any atom is 0.123 e. The van der Waals surface area contributed by atoms with Gasteiger partial charge in [-0.2, -0.15) is 0 Å². The van der Waals surface area contributed by atoms with Crippen molar-refractivity contribution in [2.24, 2.45) is 56.0 Å². The van der Waals surface area contributed by atoms with Crippen molar-refractivity contribution in [3.05, 3.63) is 0 Å². The average Bonchev–Trinajstić information content (AvgIpc) is 3.02. The summed E-state index contributed by atoms with van der Waals surface area (Å²) in [6, 6.07) is 0.400. The van der Waals surface area contributed by atoms with Crippen LogP contribution >= 0.6 is 0 Å². The highest BCUT2D eigenvalue weighted by Gasteiger charge is 2.83. The molecule has 0 aromatic rings. The fourth-order valence-corrected chi connectivity index (χ4v) is 13.0. The molecule has 1 unspecified atom stereocenters. The molecule has 2 heterocycles. The molecule has 12 atom stereocenters. The second kappa shape index (κ2) is 6.90. The van der Waals surface area contributed by atoms with Gasteiger partial charge in [-0.15, -0.1) is 0 Å². The average molecular weight is 485 g/mol. The Bertz CT molecular complexity index is 911. The van der Waals surface area contributed by atoms with Crippen molar-refractivity contribution in [1.82, 2.24) is 5.32 Å². The lowest BCUT2D eigenvalue weighted by molar-refractivity contribution is -0.249. The molecule has 4 saturated carbocycles. The predicted octanol–water partition coefficient (Wildman–Crippen LogP) is 7.28. The summed E-state index contributed by atoms with van der Waals surface area (Å²) >= 11 is 0. The first-order valence-electron chi connectivity index (χ1n) is 15.3. The molecule has 0 aromatic carbocycles. The molecular weight excluding hydrogens is 428 g/mol. The van der Waals surface area contributed by atoms with E-state index in [2.05, 4.69) is 67.6 Å². The second-order valence-electron chi connectivity index (χ2n) is 16.5. The second-order valence-corrected chi connectivity index (χ2v) is 16.5. The van der Waals surface area contributed by atoms with Gasteiger partial charge in [0.2, 0.25) is 0 Å². The molecule has 3 nitrogen and oxygen atoms in total. The lowest BCUT2D eigenvalue weighted by Gasteiger charge is -2.73. The topological polar surface area (TPSA) is 47.3 Å². The lowest BCUT2D eigenvalue weighted by Crippen LogP contribution is -2.68. The number of nitrogens with one attached hydrogen (secondary N) is 1. The molecule has 0 amide bonds. The monoisotopic (exact) mass is 484 g/mol. The largest absolute Gasteiger partial charge is 0.354 e. The first kappa shape index (κ1) is 25.2. The van der Waals surface area contributed by atoms with E-state index in [4.69, 9.17) is 10.5 Å². The molecule has 0 radical (unpaired) electrons. The van der Waals surface area contributed by atoms with Crippen LogP contribution in [0.2, 0.25) is 0 Å². The summed E-state index contributed by atoms with van der Waals surface area (Å²) in [5.41, 5.74) is 8.35. The first-order valence-corrected chi connectivity index (χ1v) is 15.3. The highest BCUT2D eigenvalue weighted by molar-refractivity contribution is 5.31. The van der Waals surface area contributed by atoms with Gasteiger partial charge in [0.05, 0.1) is 5.60 Å². The number of fused-ring (bicyclic) bond motifs is 7. The third-order valence-corrected chi connectivity index (χ3v) is 15.9. The third-order valence-electron chi connectivity index (χ3n) is 15.9. The maximum absolute atomic E-state index is 7.44. The van der Waals surface area contributed by atoms with Gasteiger partial charge in [-0.1, -0.05) is 55.4 Å². The molecule has 3 N–H and O–H groups in total. The Labute approximate surface area is 216 Å². The van der Waals surface area contributed by atoms with Gasteiger partial charge < -0.3 is 10.5 Å². The van der Waals surface area contributed by atoms with E-state index in [1.165, 1.54) is 64.2 Å². The molecule has 0 aromatic heterocycles. The fraction of sp³-hybridized carbons (Fsp3) is 1.00. The summed E-state index contributed by atoms with van der Waals surface area (Å²) in [5, 5.41) is 3.98. The zero-order chi connectivity index (χ0) is 25.5. The van der Waals surface area contributed by atoms with Crippen LogP contribution in [0.15, 0.2) is 0 Å². The Balaban J connectivity index is 1.42. The van der Waals surface area contributed by atoms with E-state index in [1.54, 1.807) is 0 Å². The minimum atomic E-state index is -0.127. The van der Waals surface area contributed by atoms with Crippen molar-refractivity contribution in [3.63, 3.8) is 0 Å². The summed E-state index contributed by atoms with van der Waals surface area (Å²) in [7, 11) is 0. The number of nitrogens with two attached hydrogens (primary N) is 1. The molecule has 3 heteroatoms. The Kier molecular flexibility index (Phi) is 4.96. The van der Waals surface area contributed by atoms with E-state index < -0.39 is 0 Å². The van der Waals surface area contributed by atoms with Crippen molar-refractivity contribution in [3.8, 4) is 0 Å². The number of piperidine rings is 1. The Hall–Kier alpha value is -0.120. The van der Waals surface area contributed by atoms with Crippen LogP contribution in [-0.4, -0.2) is 23.9 Å². The highest BCUT2D eigenvalue weighted by atomic mass is 16.5. The summed E-state index contributed by atoms with van der Waals surface area (Å²) in [4.78, 5) is 0. The molecule has 35 heavy (non-hydrogen) atoms. The Morgan fingerprint density at radius 2 is 1.49 bits per heavy atom. The van der Waals surface area contributed by atoms with Crippen molar-refractivity contribution in [2.45, 2.75) is 144 Å². The molecule has 6 aliphatic rings. The molecular formula is C32H56N2O. The molecule has 6 fully saturated rings. The van der Waals surface area contributed by atoms with Gasteiger partial charge in [-0.3, -0.25) is 5.32 Å². The van der Waals surface area contributed by atoms with E-state index in [0.717, 1.165) is 18.4 Å². The summed E-state index contributed by atoms with van der Waals surface area (Å²) in [5.74, 6) is 2.06. The number of hydrogen-bond acceptors (Lipinski definition) is 3. The quantitative estimate of drug-likeness (QED) is 0.380. The van der Waals surface area contributed by atoms with Crippen LogP contribution in [0.3, 0.4) is 0 Å². The van der Waals surface area contributed by atoms with Crippen molar-refractivity contribution in [1.29, 1.82) is 0 Å². The zero-order valence-electron chi connectivity index (χ0n) is 24.6. The third kappa shape index (κ3) is 2.52. The molecule has 2 aliphatic heterocycles. The smallest absolute Gasteiger partial charge is 0.123 e. The number of hydrogen-bond donors (Lipinski definition) is 2. The zero-order valence-corrected chi connectivity index (χ0v) is 24.6. The van der Waals surface area contributed by atoms with Crippen LogP contribution in [0.25, 0.3) is 0 Å². The molecule has 0 bridgehead atoms. The van der Waals surface area contributed by atoms with Crippen LogP contribution < -0.4 is 11.1 Å². The van der Waals surface area contributed by atoms with Gasteiger partial charge in [-0.05, 0) is 110 Å². The highest BCUT2D eigenvalue weighted by Crippen LogP contribution is 2.85. The van der Waals surface area contributed by atoms with Crippen molar-refractivity contribution in [2.75, 3.05) is 6.54 Å². The van der Waals surface area contributed by atoms with Gasteiger partial charge in [-0.25, -0.2) is 0 Å². The van der Waals surface area contributed by atoms with E-state index in [9.17, 15) is 0 Å². The summed E-state index contributed by atoms with van der Waals surface area (Å²) < 4.78 is 7.44. The van der Waals surface area contributed by atoms with E-state index >= 15 is 0 Å². The van der Waals surface area contributed by atoms with Crippen LogP contribution in [0.5, 0.6) is 0 Å². The molecule has 1 spiro atoms. The Morgan fingerprint density at radius 1 is 0.771 bits per heavy atom. The van der Waals surface area contributed by atoms with Gasteiger partial charge >= 0.3 is 0 Å². The summed E-state index contributed by atoms with van der Waals surface area (Å²) in [6.45, 7) is 24.7. The molecule has 6 rings (SSSR count). The van der Waals surface area contributed by atoms with Crippen LogP contribution in [0.4, 0.5) is 0 Å². The van der Waals surface area contributed by atoms with Crippen LogP contribution in [-0.2, 0) is 4.74 Å². The van der Waals surface area contributed by atoms with E-state index in [-0.39, 0.29) is 16.7 Å². The molecule has 2 saturated heterocycles. The van der Waals surface area contributed by atoms with Crippen LogP contribution in [0, 0.1) is 50.2 Å².